The number of fused-ring (bicyclic) bond motifs is 2. The van der Waals surface area contributed by atoms with Crippen molar-refractivity contribution < 1.29 is 19.1 Å². The summed E-state index contributed by atoms with van der Waals surface area (Å²) in [5.74, 6) is 1.42. The zero-order valence-corrected chi connectivity index (χ0v) is 21.6. The first-order valence-electron chi connectivity index (χ1n) is 13.0. The predicted octanol–water partition coefficient (Wildman–Crippen LogP) is 4.19. The van der Waals surface area contributed by atoms with E-state index in [0.717, 1.165) is 25.9 Å². The van der Waals surface area contributed by atoms with Gasteiger partial charge >= 0.3 is 0 Å². The average Bonchev–Trinajstić information content (AvgIpc) is 3.54. The van der Waals surface area contributed by atoms with Crippen LogP contribution in [0, 0.1) is 0 Å². The standard InChI is InChI=1S/C29H31N3O4S/c33-27(10-15-31-14-9-26-23(11-18-37-26)28(31)21-5-2-1-3-6-21)30-12-4-13-32(17-16-30)29(34)22-7-8-24-25(19-22)36-20-35-24/h1-3,5-8,11,18-19,28H,4,9-10,12-17,20H2/t28-/m0/s1. The molecule has 3 aliphatic rings. The van der Waals surface area contributed by atoms with E-state index in [1.165, 1.54) is 16.0 Å². The third kappa shape index (κ3) is 4.95. The zero-order chi connectivity index (χ0) is 25.2. The van der Waals surface area contributed by atoms with Crippen molar-refractivity contribution in [2.24, 2.45) is 0 Å². The first-order valence-corrected chi connectivity index (χ1v) is 13.9. The molecule has 2 aromatic carbocycles. The molecule has 3 aliphatic heterocycles. The van der Waals surface area contributed by atoms with Crippen molar-refractivity contribution in [1.82, 2.24) is 14.7 Å². The van der Waals surface area contributed by atoms with E-state index in [1.54, 1.807) is 18.2 Å². The summed E-state index contributed by atoms with van der Waals surface area (Å²) < 4.78 is 10.8. The Labute approximate surface area is 221 Å². The summed E-state index contributed by atoms with van der Waals surface area (Å²) >= 11 is 1.83. The summed E-state index contributed by atoms with van der Waals surface area (Å²) in [6.45, 7) is 4.29. The van der Waals surface area contributed by atoms with Gasteiger partial charge in [-0.3, -0.25) is 14.5 Å². The molecule has 192 valence electrons. The Morgan fingerprint density at radius 1 is 0.892 bits per heavy atom. The Kier molecular flexibility index (Phi) is 6.85. The monoisotopic (exact) mass is 517 g/mol. The van der Waals surface area contributed by atoms with E-state index in [1.807, 2.05) is 21.1 Å². The first kappa shape index (κ1) is 24.0. The van der Waals surface area contributed by atoms with Gasteiger partial charge in [-0.05, 0) is 53.6 Å². The van der Waals surface area contributed by atoms with Crippen LogP contribution in [-0.4, -0.2) is 72.6 Å². The van der Waals surface area contributed by atoms with E-state index >= 15 is 0 Å². The van der Waals surface area contributed by atoms with Gasteiger partial charge in [0.25, 0.3) is 5.91 Å². The SMILES string of the molecule is O=C(CCN1CCc2sccc2[C@@H]1c1ccccc1)N1CCCN(C(=O)c2ccc3c(c2)OCO3)CC1. The van der Waals surface area contributed by atoms with Crippen LogP contribution < -0.4 is 9.47 Å². The van der Waals surface area contributed by atoms with E-state index in [-0.39, 0.29) is 24.6 Å². The van der Waals surface area contributed by atoms with E-state index < -0.39 is 0 Å². The van der Waals surface area contributed by atoms with Crippen molar-refractivity contribution in [3.8, 4) is 11.5 Å². The molecule has 2 amide bonds. The number of carbonyl (C=O) groups excluding carboxylic acids is 2. The molecule has 6 rings (SSSR count). The molecule has 1 saturated heterocycles. The topological polar surface area (TPSA) is 62.3 Å². The minimum absolute atomic E-state index is 0.0295. The van der Waals surface area contributed by atoms with E-state index in [2.05, 4.69) is 46.7 Å². The molecule has 7 nitrogen and oxygen atoms in total. The van der Waals surface area contributed by atoms with Crippen molar-refractivity contribution in [2.75, 3.05) is 46.1 Å². The van der Waals surface area contributed by atoms with Crippen LogP contribution in [0.5, 0.6) is 11.5 Å². The molecule has 37 heavy (non-hydrogen) atoms. The zero-order valence-electron chi connectivity index (χ0n) is 20.8. The van der Waals surface area contributed by atoms with Crippen LogP contribution >= 0.6 is 11.3 Å². The summed E-state index contributed by atoms with van der Waals surface area (Å²) in [6, 6.07) is 18.4. The molecule has 0 bridgehead atoms. The lowest BCUT2D eigenvalue weighted by Gasteiger charge is -2.36. The number of hydrogen-bond acceptors (Lipinski definition) is 6. The fourth-order valence-corrected chi connectivity index (χ4v) is 6.52. The Balaban J connectivity index is 1.07. The second-order valence-electron chi connectivity index (χ2n) is 9.74. The van der Waals surface area contributed by atoms with Gasteiger partial charge < -0.3 is 19.3 Å². The second kappa shape index (κ2) is 10.6. The van der Waals surface area contributed by atoms with E-state index in [0.29, 0.717) is 49.7 Å². The average molecular weight is 518 g/mol. The highest BCUT2D eigenvalue weighted by atomic mass is 32.1. The van der Waals surface area contributed by atoms with Crippen molar-refractivity contribution in [3.63, 3.8) is 0 Å². The van der Waals surface area contributed by atoms with Crippen LogP contribution in [0.1, 0.15) is 45.2 Å². The maximum atomic E-state index is 13.3. The summed E-state index contributed by atoms with van der Waals surface area (Å²) in [6.07, 6.45) is 2.29. The normalized spacial score (nSPS) is 19.4. The van der Waals surface area contributed by atoms with E-state index in [4.69, 9.17) is 9.47 Å². The molecule has 3 aromatic rings. The molecular formula is C29H31N3O4S. The largest absolute Gasteiger partial charge is 0.454 e. The van der Waals surface area contributed by atoms with Crippen LogP contribution in [0.4, 0.5) is 0 Å². The molecule has 1 fully saturated rings. The number of nitrogens with zero attached hydrogens (tertiary/aromatic N) is 3. The number of amides is 2. The molecule has 0 aliphatic carbocycles. The van der Waals surface area contributed by atoms with Crippen LogP contribution in [0.25, 0.3) is 0 Å². The number of hydrogen-bond donors (Lipinski definition) is 0. The van der Waals surface area contributed by atoms with Crippen LogP contribution in [0.15, 0.2) is 60.0 Å². The lowest BCUT2D eigenvalue weighted by Crippen LogP contribution is -2.40. The van der Waals surface area contributed by atoms with Crippen molar-refractivity contribution in [1.29, 1.82) is 0 Å². The van der Waals surface area contributed by atoms with Crippen LogP contribution in [-0.2, 0) is 11.2 Å². The molecule has 0 spiro atoms. The van der Waals surface area contributed by atoms with Crippen molar-refractivity contribution >= 4 is 23.2 Å². The fraction of sp³-hybridized carbons (Fsp3) is 0.379. The molecule has 1 aromatic heterocycles. The van der Waals surface area contributed by atoms with Crippen molar-refractivity contribution in [2.45, 2.75) is 25.3 Å². The first-order chi connectivity index (χ1) is 18.2. The third-order valence-corrected chi connectivity index (χ3v) is 8.55. The van der Waals surface area contributed by atoms with Gasteiger partial charge in [0.1, 0.15) is 0 Å². The van der Waals surface area contributed by atoms with Gasteiger partial charge in [-0.2, -0.15) is 0 Å². The van der Waals surface area contributed by atoms with Crippen LogP contribution in [0.2, 0.25) is 0 Å². The lowest BCUT2D eigenvalue weighted by molar-refractivity contribution is -0.131. The quantitative estimate of drug-likeness (QED) is 0.508. The molecule has 0 radical (unpaired) electrons. The van der Waals surface area contributed by atoms with Gasteiger partial charge in [0, 0.05) is 56.1 Å². The second-order valence-corrected chi connectivity index (χ2v) is 10.7. The maximum Gasteiger partial charge on any atom is 0.254 e. The fourth-order valence-electron chi connectivity index (χ4n) is 5.61. The predicted molar refractivity (Wildman–Crippen MR) is 142 cm³/mol. The molecule has 0 N–H and O–H groups in total. The van der Waals surface area contributed by atoms with Gasteiger partial charge in [-0.15, -0.1) is 11.3 Å². The summed E-state index contributed by atoms with van der Waals surface area (Å²) in [5.41, 5.74) is 3.25. The number of benzene rings is 2. The van der Waals surface area contributed by atoms with E-state index in [9.17, 15) is 9.59 Å². The van der Waals surface area contributed by atoms with Gasteiger partial charge in [0.15, 0.2) is 11.5 Å². The maximum absolute atomic E-state index is 13.3. The Morgan fingerprint density at radius 3 is 2.59 bits per heavy atom. The summed E-state index contributed by atoms with van der Waals surface area (Å²) in [7, 11) is 0. The van der Waals surface area contributed by atoms with Gasteiger partial charge in [-0.25, -0.2) is 0 Å². The molecule has 8 heteroatoms. The Bertz CT molecular complexity index is 1280. The highest BCUT2D eigenvalue weighted by molar-refractivity contribution is 7.10. The number of carbonyl (C=O) groups is 2. The number of ether oxygens (including phenoxy) is 2. The molecule has 0 saturated carbocycles. The molecule has 4 heterocycles. The lowest BCUT2D eigenvalue weighted by atomic mass is 9.93. The van der Waals surface area contributed by atoms with Crippen molar-refractivity contribution in [3.05, 3.63) is 81.5 Å². The third-order valence-electron chi connectivity index (χ3n) is 7.55. The summed E-state index contributed by atoms with van der Waals surface area (Å²) in [5, 5.41) is 2.18. The Morgan fingerprint density at radius 2 is 1.70 bits per heavy atom. The summed E-state index contributed by atoms with van der Waals surface area (Å²) in [4.78, 5) is 34.1. The van der Waals surface area contributed by atoms with Crippen LogP contribution in [0.3, 0.4) is 0 Å². The Hall–Kier alpha value is -3.36. The molecule has 0 unspecified atom stereocenters. The molecule has 1 atom stereocenters. The van der Waals surface area contributed by atoms with Gasteiger partial charge in [0.05, 0.1) is 6.04 Å². The minimum Gasteiger partial charge on any atom is -0.454 e. The molecular weight excluding hydrogens is 486 g/mol. The smallest absolute Gasteiger partial charge is 0.254 e. The number of thiophene rings is 1. The highest BCUT2D eigenvalue weighted by Gasteiger charge is 2.30. The minimum atomic E-state index is -0.0295. The highest BCUT2D eigenvalue weighted by Crippen LogP contribution is 2.38. The van der Waals surface area contributed by atoms with Gasteiger partial charge in [0.2, 0.25) is 12.7 Å². The number of rotatable bonds is 5. The van der Waals surface area contributed by atoms with Gasteiger partial charge in [-0.1, -0.05) is 30.3 Å².